The fourth-order valence-electron chi connectivity index (χ4n) is 4.07. The van der Waals surface area contributed by atoms with Gasteiger partial charge >= 0.3 is 6.18 Å². The molecule has 4 rings (SSSR count). The van der Waals surface area contributed by atoms with Crippen LogP contribution in [0.15, 0.2) is 24.7 Å². The smallest absolute Gasteiger partial charge is 0.381 e. The molecule has 184 valence electrons. The maximum atomic E-state index is 13.2. The van der Waals surface area contributed by atoms with Gasteiger partial charge in [0.05, 0.1) is 23.0 Å². The van der Waals surface area contributed by atoms with E-state index >= 15 is 0 Å². The zero-order valence-corrected chi connectivity index (χ0v) is 19.1. The van der Waals surface area contributed by atoms with Gasteiger partial charge in [-0.15, -0.1) is 0 Å². The maximum Gasteiger partial charge on any atom is 0.417 e. The van der Waals surface area contributed by atoms with Crippen LogP contribution in [0.1, 0.15) is 37.8 Å². The van der Waals surface area contributed by atoms with Gasteiger partial charge in [0.1, 0.15) is 17.3 Å². The van der Waals surface area contributed by atoms with Crippen molar-refractivity contribution in [2.45, 2.75) is 38.5 Å². The molecule has 1 aliphatic rings. The SMILES string of the molecule is CC(C)(O)C(=O)N1CCC(CNc2ncc(C#N)c(-c3c[nH]c4ncc(C(F)(F)F)cc34)n2)CC1. The summed E-state index contributed by atoms with van der Waals surface area (Å²) in [5.74, 6) is 0.171. The van der Waals surface area contributed by atoms with Crippen molar-refractivity contribution in [3.05, 3.63) is 35.8 Å². The first-order valence-corrected chi connectivity index (χ1v) is 11.0. The molecule has 1 aliphatic heterocycles. The number of nitriles is 1. The van der Waals surface area contributed by atoms with Crippen molar-refractivity contribution in [1.82, 2.24) is 24.8 Å². The van der Waals surface area contributed by atoms with E-state index in [1.54, 1.807) is 4.90 Å². The molecule has 0 unspecified atom stereocenters. The highest BCUT2D eigenvalue weighted by Crippen LogP contribution is 2.34. The molecule has 1 saturated heterocycles. The molecule has 35 heavy (non-hydrogen) atoms. The monoisotopic (exact) mass is 487 g/mol. The van der Waals surface area contributed by atoms with Crippen molar-refractivity contribution in [3.63, 3.8) is 0 Å². The maximum absolute atomic E-state index is 13.2. The number of likely N-dealkylation sites (tertiary alicyclic amines) is 1. The summed E-state index contributed by atoms with van der Waals surface area (Å²) < 4.78 is 39.6. The lowest BCUT2D eigenvalue weighted by Gasteiger charge is -2.35. The van der Waals surface area contributed by atoms with Crippen LogP contribution >= 0.6 is 0 Å². The van der Waals surface area contributed by atoms with Crippen LogP contribution in [0.2, 0.25) is 0 Å². The lowest BCUT2D eigenvalue weighted by atomic mass is 9.95. The van der Waals surface area contributed by atoms with Crippen molar-refractivity contribution in [1.29, 1.82) is 5.26 Å². The lowest BCUT2D eigenvalue weighted by Crippen LogP contribution is -2.48. The minimum absolute atomic E-state index is 0.118. The summed E-state index contributed by atoms with van der Waals surface area (Å²) in [7, 11) is 0. The molecule has 0 aromatic carbocycles. The molecular weight excluding hydrogens is 463 g/mol. The summed E-state index contributed by atoms with van der Waals surface area (Å²) in [4.78, 5) is 29.1. The van der Waals surface area contributed by atoms with E-state index < -0.39 is 17.3 Å². The lowest BCUT2D eigenvalue weighted by molar-refractivity contribution is -0.149. The van der Waals surface area contributed by atoms with Gasteiger partial charge in [-0.2, -0.15) is 18.4 Å². The molecule has 3 aromatic heterocycles. The number of aromatic nitrogens is 4. The van der Waals surface area contributed by atoms with E-state index in [0.717, 1.165) is 25.1 Å². The molecule has 3 N–H and O–H groups in total. The van der Waals surface area contributed by atoms with Crippen LogP contribution in [-0.2, 0) is 11.0 Å². The van der Waals surface area contributed by atoms with Gasteiger partial charge in [0.15, 0.2) is 0 Å². The van der Waals surface area contributed by atoms with Crippen molar-refractivity contribution in [3.8, 4) is 17.3 Å². The molecule has 4 heterocycles. The zero-order valence-electron chi connectivity index (χ0n) is 19.1. The predicted octanol–water partition coefficient (Wildman–Crippen LogP) is 3.33. The largest absolute Gasteiger partial charge is 0.417 e. The summed E-state index contributed by atoms with van der Waals surface area (Å²) in [5, 5.41) is 22.8. The average Bonchev–Trinajstić information content (AvgIpc) is 3.24. The van der Waals surface area contributed by atoms with Gasteiger partial charge in [0.2, 0.25) is 5.95 Å². The van der Waals surface area contributed by atoms with Gasteiger partial charge in [-0.25, -0.2) is 15.0 Å². The first-order chi connectivity index (χ1) is 16.5. The number of hydrogen-bond acceptors (Lipinski definition) is 7. The molecule has 9 nitrogen and oxygen atoms in total. The van der Waals surface area contributed by atoms with E-state index in [9.17, 15) is 28.3 Å². The third-order valence-electron chi connectivity index (χ3n) is 6.00. The van der Waals surface area contributed by atoms with Crippen LogP contribution in [0.3, 0.4) is 0 Å². The van der Waals surface area contributed by atoms with Gasteiger partial charge < -0.3 is 20.3 Å². The molecule has 3 aromatic rings. The van der Waals surface area contributed by atoms with Crippen molar-refractivity contribution in [2.75, 3.05) is 25.0 Å². The quantitative estimate of drug-likeness (QED) is 0.503. The van der Waals surface area contributed by atoms with E-state index in [2.05, 4.69) is 25.3 Å². The summed E-state index contributed by atoms with van der Waals surface area (Å²) in [6.45, 7) is 4.51. The van der Waals surface area contributed by atoms with E-state index in [1.165, 1.54) is 26.2 Å². The van der Waals surface area contributed by atoms with Crippen LogP contribution < -0.4 is 5.32 Å². The molecular formula is C23H24F3N7O2. The number of hydrogen-bond donors (Lipinski definition) is 3. The Kier molecular flexibility index (Phi) is 6.38. The minimum Gasteiger partial charge on any atom is -0.381 e. The Labute approximate surface area is 199 Å². The molecule has 0 spiro atoms. The average molecular weight is 487 g/mol. The number of carbonyl (C=O) groups excluding carboxylic acids is 1. The van der Waals surface area contributed by atoms with Crippen molar-refractivity contribution >= 4 is 22.9 Å². The normalized spacial score (nSPS) is 15.3. The van der Waals surface area contributed by atoms with E-state index in [4.69, 9.17) is 0 Å². The zero-order chi connectivity index (χ0) is 25.4. The molecule has 0 atom stereocenters. The van der Waals surface area contributed by atoms with E-state index in [0.29, 0.717) is 25.2 Å². The third-order valence-corrected chi connectivity index (χ3v) is 6.00. The molecule has 0 radical (unpaired) electrons. The number of rotatable bonds is 5. The number of fused-ring (bicyclic) bond motifs is 1. The molecule has 1 fully saturated rings. The van der Waals surface area contributed by atoms with Crippen molar-refractivity contribution in [2.24, 2.45) is 5.92 Å². The molecule has 0 bridgehead atoms. The highest BCUT2D eigenvalue weighted by molar-refractivity contribution is 5.94. The molecule has 12 heteroatoms. The highest BCUT2D eigenvalue weighted by Gasteiger charge is 2.33. The standard InChI is InChI=1S/C23H24F3N7O2/c1-22(2,35)20(34)33-5-3-13(4-6-33)9-30-21-31-10-14(8-27)18(32-21)17-12-29-19-16(17)7-15(11-28-19)23(24,25)26/h7,10-13,35H,3-6,9H2,1-2H3,(H,28,29)(H,30,31,32). The van der Waals surface area contributed by atoms with Crippen molar-refractivity contribution < 1.29 is 23.1 Å². The van der Waals surface area contributed by atoms with E-state index in [-0.39, 0.29) is 40.1 Å². The fourth-order valence-corrected chi connectivity index (χ4v) is 4.07. The number of carbonyl (C=O) groups is 1. The Morgan fingerprint density at radius 2 is 2.00 bits per heavy atom. The number of aliphatic hydroxyl groups is 1. The third kappa shape index (κ3) is 5.19. The first kappa shape index (κ1) is 24.4. The summed E-state index contributed by atoms with van der Waals surface area (Å²) >= 11 is 0. The van der Waals surface area contributed by atoms with Gasteiger partial charge in [-0.3, -0.25) is 4.79 Å². The van der Waals surface area contributed by atoms with E-state index in [1.807, 2.05) is 6.07 Å². The Morgan fingerprint density at radius 1 is 1.29 bits per heavy atom. The number of anilines is 1. The Balaban J connectivity index is 1.51. The second-order valence-corrected chi connectivity index (χ2v) is 9.06. The summed E-state index contributed by atoms with van der Waals surface area (Å²) in [6, 6.07) is 2.97. The number of pyridine rings is 1. The number of alkyl halides is 3. The van der Waals surface area contributed by atoms with Crippen LogP contribution in [0.5, 0.6) is 0 Å². The number of piperidine rings is 1. The number of H-pyrrole nitrogens is 1. The summed E-state index contributed by atoms with van der Waals surface area (Å²) in [5.41, 5.74) is -1.42. The fraction of sp³-hybridized carbons (Fsp3) is 0.435. The van der Waals surface area contributed by atoms with Gasteiger partial charge in [0.25, 0.3) is 5.91 Å². The summed E-state index contributed by atoms with van der Waals surface area (Å²) in [6.07, 6.45) is 0.453. The predicted molar refractivity (Wildman–Crippen MR) is 121 cm³/mol. The number of halogens is 3. The molecule has 0 saturated carbocycles. The number of aromatic amines is 1. The topological polar surface area (TPSA) is 131 Å². The van der Waals surface area contributed by atoms with Crippen LogP contribution in [-0.4, -0.2) is 61.1 Å². The second kappa shape index (κ2) is 9.14. The number of amides is 1. The Morgan fingerprint density at radius 3 is 2.63 bits per heavy atom. The van der Waals surface area contributed by atoms with Gasteiger partial charge in [0, 0.05) is 43.0 Å². The van der Waals surface area contributed by atoms with Crippen LogP contribution in [0.4, 0.5) is 19.1 Å². The Bertz CT molecular complexity index is 1280. The van der Waals surface area contributed by atoms with Crippen LogP contribution in [0.25, 0.3) is 22.3 Å². The number of nitrogens with zero attached hydrogens (tertiary/aromatic N) is 5. The number of nitrogens with one attached hydrogen (secondary N) is 2. The first-order valence-electron chi connectivity index (χ1n) is 11.0. The van der Waals surface area contributed by atoms with Gasteiger partial charge in [-0.05, 0) is 38.7 Å². The highest BCUT2D eigenvalue weighted by atomic mass is 19.4. The Hall–Kier alpha value is -3.72. The second-order valence-electron chi connectivity index (χ2n) is 9.06. The molecule has 0 aliphatic carbocycles. The van der Waals surface area contributed by atoms with Crippen LogP contribution in [0, 0.1) is 17.2 Å². The molecule has 1 amide bonds. The minimum atomic E-state index is -4.56. The van der Waals surface area contributed by atoms with Gasteiger partial charge in [-0.1, -0.05) is 0 Å².